The average molecular weight is 436 g/mol. The first-order valence-electron chi connectivity index (χ1n) is 9.41. The summed E-state index contributed by atoms with van der Waals surface area (Å²) in [5.74, 6) is 0.241. The number of nitrogens with one attached hydrogen (secondary N) is 2. The second-order valence-corrected chi connectivity index (χ2v) is 7.66. The van der Waals surface area contributed by atoms with Crippen molar-refractivity contribution in [2.75, 3.05) is 30.8 Å². The summed E-state index contributed by atoms with van der Waals surface area (Å²) < 4.78 is 5.27. The number of piperidine rings is 1. The number of methoxy groups -OCH3 is 1. The molecule has 0 radical (unpaired) electrons. The molecule has 1 heterocycles. The van der Waals surface area contributed by atoms with Gasteiger partial charge in [0.2, 0.25) is 11.8 Å². The number of rotatable bonds is 6. The number of carbonyl (C=O) groups excluding carboxylic acids is 2. The van der Waals surface area contributed by atoms with Crippen LogP contribution in [0.25, 0.3) is 0 Å². The fourth-order valence-corrected chi connectivity index (χ4v) is 3.70. The Balaban J connectivity index is 1.64. The highest BCUT2D eigenvalue weighted by Crippen LogP contribution is 2.26. The topological polar surface area (TPSA) is 70.7 Å². The van der Waals surface area contributed by atoms with Crippen molar-refractivity contribution in [2.45, 2.75) is 25.3 Å². The predicted molar refractivity (Wildman–Crippen MR) is 116 cm³/mol. The number of ether oxygens (including phenoxy) is 1. The van der Waals surface area contributed by atoms with E-state index in [4.69, 9.17) is 27.9 Å². The Kier molecular flexibility index (Phi) is 7.36. The van der Waals surface area contributed by atoms with Crippen LogP contribution in [0.1, 0.15) is 19.3 Å². The average Bonchev–Trinajstić information content (AvgIpc) is 2.71. The van der Waals surface area contributed by atoms with Crippen molar-refractivity contribution >= 4 is 46.4 Å². The van der Waals surface area contributed by atoms with E-state index in [0.717, 1.165) is 12.8 Å². The molecule has 0 saturated carbocycles. The Hall–Kier alpha value is -2.28. The van der Waals surface area contributed by atoms with Gasteiger partial charge in [-0.1, -0.05) is 41.8 Å². The molecule has 2 amide bonds. The van der Waals surface area contributed by atoms with E-state index in [0.29, 0.717) is 40.1 Å². The van der Waals surface area contributed by atoms with E-state index in [9.17, 15) is 9.59 Å². The van der Waals surface area contributed by atoms with Crippen LogP contribution >= 0.6 is 23.2 Å². The van der Waals surface area contributed by atoms with Crippen LogP contribution in [0, 0.1) is 0 Å². The largest absolute Gasteiger partial charge is 0.495 e. The molecule has 1 fully saturated rings. The van der Waals surface area contributed by atoms with Gasteiger partial charge in [-0.2, -0.15) is 0 Å². The number of para-hydroxylation sites is 2. The number of carbonyl (C=O) groups is 2. The lowest BCUT2D eigenvalue weighted by molar-refractivity contribution is -0.124. The smallest absolute Gasteiger partial charge is 0.241 e. The van der Waals surface area contributed by atoms with Crippen LogP contribution < -0.4 is 15.4 Å². The van der Waals surface area contributed by atoms with E-state index in [1.165, 1.54) is 0 Å². The molecule has 2 N–H and O–H groups in total. The van der Waals surface area contributed by atoms with Gasteiger partial charge in [0.1, 0.15) is 5.75 Å². The van der Waals surface area contributed by atoms with E-state index in [-0.39, 0.29) is 24.4 Å². The first-order valence-corrected chi connectivity index (χ1v) is 10.2. The molecule has 0 aliphatic carbocycles. The minimum atomic E-state index is -0.387. The molecule has 1 aliphatic heterocycles. The SMILES string of the molecule is COc1ccccc1NC(=O)CN1CCCCC1C(=O)Nc1ccc(Cl)c(Cl)c1. The summed E-state index contributed by atoms with van der Waals surface area (Å²) in [6, 6.07) is 11.8. The van der Waals surface area contributed by atoms with Gasteiger partial charge in [0, 0.05) is 5.69 Å². The van der Waals surface area contributed by atoms with E-state index < -0.39 is 0 Å². The molecule has 0 spiro atoms. The molecular formula is C21H23Cl2N3O3. The summed E-state index contributed by atoms with van der Waals surface area (Å²) in [7, 11) is 1.55. The van der Waals surface area contributed by atoms with Crippen LogP contribution in [0.5, 0.6) is 5.75 Å². The summed E-state index contributed by atoms with van der Waals surface area (Å²) >= 11 is 12.0. The number of hydrogen-bond acceptors (Lipinski definition) is 4. The minimum Gasteiger partial charge on any atom is -0.495 e. The molecular weight excluding hydrogens is 413 g/mol. The highest BCUT2D eigenvalue weighted by Gasteiger charge is 2.30. The first-order chi connectivity index (χ1) is 14.0. The van der Waals surface area contributed by atoms with Crippen molar-refractivity contribution in [1.82, 2.24) is 4.90 Å². The quantitative estimate of drug-likeness (QED) is 0.703. The van der Waals surface area contributed by atoms with Crippen LogP contribution in [0.3, 0.4) is 0 Å². The molecule has 8 heteroatoms. The van der Waals surface area contributed by atoms with Gasteiger partial charge in [-0.05, 0) is 49.7 Å². The Morgan fingerprint density at radius 2 is 1.90 bits per heavy atom. The summed E-state index contributed by atoms with van der Waals surface area (Å²) in [5, 5.41) is 6.54. The molecule has 6 nitrogen and oxygen atoms in total. The fourth-order valence-electron chi connectivity index (χ4n) is 3.40. The maximum absolute atomic E-state index is 12.8. The molecule has 3 rings (SSSR count). The molecule has 2 aromatic rings. The number of anilines is 2. The lowest BCUT2D eigenvalue weighted by atomic mass is 10.0. The fraction of sp³-hybridized carbons (Fsp3) is 0.333. The van der Waals surface area contributed by atoms with Crippen LogP contribution in [0.2, 0.25) is 10.0 Å². The van der Waals surface area contributed by atoms with Gasteiger partial charge >= 0.3 is 0 Å². The Morgan fingerprint density at radius 1 is 1.10 bits per heavy atom. The third-order valence-electron chi connectivity index (χ3n) is 4.83. The summed E-state index contributed by atoms with van der Waals surface area (Å²) in [5.41, 5.74) is 1.18. The predicted octanol–water partition coefficient (Wildman–Crippen LogP) is 4.43. The highest BCUT2D eigenvalue weighted by molar-refractivity contribution is 6.42. The van der Waals surface area contributed by atoms with Gasteiger partial charge in [-0.25, -0.2) is 0 Å². The van der Waals surface area contributed by atoms with Crippen LogP contribution in [0.15, 0.2) is 42.5 Å². The van der Waals surface area contributed by atoms with Crippen molar-refractivity contribution in [3.05, 3.63) is 52.5 Å². The lowest BCUT2D eigenvalue weighted by Crippen LogP contribution is -2.49. The van der Waals surface area contributed by atoms with Gasteiger partial charge in [0.05, 0.1) is 35.4 Å². The Labute approximate surface area is 180 Å². The zero-order valence-electron chi connectivity index (χ0n) is 16.1. The zero-order valence-corrected chi connectivity index (χ0v) is 17.6. The third kappa shape index (κ3) is 5.63. The number of hydrogen-bond donors (Lipinski definition) is 2. The molecule has 1 atom stereocenters. The maximum atomic E-state index is 12.8. The monoisotopic (exact) mass is 435 g/mol. The highest BCUT2D eigenvalue weighted by atomic mass is 35.5. The van der Waals surface area contributed by atoms with Gasteiger partial charge in [0.25, 0.3) is 0 Å². The lowest BCUT2D eigenvalue weighted by Gasteiger charge is -2.34. The van der Waals surface area contributed by atoms with E-state index in [1.807, 2.05) is 17.0 Å². The summed E-state index contributed by atoms with van der Waals surface area (Å²) in [4.78, 5) is 27.3. The van der Waals surface area contributed by atoms with E-state index >= 15 is 0 Å². The Bertz CT molecular complexity index is 891. The number of likely N-dealkylation sites (tertiary alicyclic amines) is 1. The van der Waals surface area contributed by atoms with E-state index in [2.05, 4.69) is 10.6 Å². The second kappa shape index (κ2) is 9.96. The molecule has 1 unspecified atom stereocenters. The maximum Gasteiger partial charge on any atom is 0.241 e. The normalized spacial score (nSPS) is 16.9. The Morgan fingerprint density at radius 3 is 2.66 bits per heavy atom. The molecule has 2 aromatic carbocycles. The third-order valence-corrected chi connectivity index (χ3v) is 5.57. The van der Waals surface area contributed by atoms with Crippen molar-refractivity contribution in [3.63, 3.8) is 0 Å². The van der Waals surface area contributed by atoms with Crippen LogP contribution in [-0.4, -0.2) is 43.0 Å². The number of nitrogens with zero attached hydrogens (tertiary/aromatic N) is 1. The number of benzene rings is 2. The molecule has 154 valence electrons. The van der Waals surface area contributed by atoms with Crippen molar-refractivity contribution in [3.8, 4) is 5.75 Å². The number of halogens is 2. The minimum absolute atomic E-state index is 0.123. The van der Waals surface area contributed by atoms with E-state index in [1.54, 1.807) is 37.4 Å². The molecule has 1 aliphatic rings. The van der Waals surface area contributed by atoms with Crippen LogP contribution in [-0.2, 0) is 9.59 Å². The first kappa shape index (κ1) is 21.4. The van der Waals surface area contributed by atoms with Crippen molar-refractivity contribution in [2.24, 2.45) is 0 Å². The van der Waals surface area contributed by atoms with Crippen molar-refractivity contribution < 1.29 is 14.3 Å². The molecule has 29 heavy (non-hydrogen) atoms. The van der Waals surface area contributed by atoms with Gasteiger partial charge in [-0.3, -0.25) is 14.5 Å². The van der Waals surface area contributed by atoms with Crippen molar-refractivity contribution in [1.29, 1.82) is 0 Å². The van der Waals surface area contributed by atoms with Gasteiger partial charge in [-0.15, -0.1) is 0 Å². The van der Waals surface area contributed by atoms with Gasteiger partial charge in [0.15, 0.2) is 0 Å². The number of amides is 2. The molecule has 1 saturated heterocycles. The summed E-state index contributed by atoms with van der Waals surface area (Å²) in [6.45, 7) is 0.802. The zero-order chi connectivity index (χ0) is 20.8. The molecule has 0 bridgehead atoms. The van der Waals surface area contributed by atoms with Crippen LogP contribution in [0.4, 0.5) is 11.4 Å². The standard InChI is InChI=1S/C21H23Cl2N3O3/c1-29-19-8-3-2-6-17(19)25-20(27)13-26-11-5-4-7-18(26)21(28)24-14-9-10-15(22)16(23)12-14/h2-3,6,8-10,12,18H,4-5,7,11,13H2,1H3,(H,24,28)(H,25,27). The summed E-state index contributed by atoms with van der Waals surface area (Å²) in [6.07, 6.45) is 2.57. The second-order valence-electron chi connectivity index (χ2n) is 6.85. The molecule has 0 aromatic heterocycles. The van der Waals surface area contributed by atoms with Gasteiger partial charge < -0.3 is 15.4 Å².